The van der Waals surface area contributed by atoms with E-state index in [9.17, 15) is 0 Å². The van der Waals surface area contributed by atoms with Gasteiger partial charge in [-0.1, -0.05) is 20.8 Å². The number of rotatable bonds is 9. The average molecular weight is 264 g/mol. The molecule has 0 saturated heterocycles. The van der Waals surface area contributed by atoms with Crippen LogP contribution in [0.25, 0.3) is 0 Å². The summed E-state index contributed by atoms with van der Waals surface area (Å²) in [6.45, 7) is 12.0. The third-order valence-corrected chi connectivity index (χ3v) is 3.73. The summed E-state index contributed by atoms with van der Waals surface area (Å²) in [5.74, 6) is 2.74. The second-order valence-electron chi connectivity index (χ2n) is 6.16. The predicted molar refractivity (Wildman–Crippen MR) is 78.9 cm³/mol. The van der Waals surface area contributed by atoms with Gasteiger partial charge >= 0.3 is 0 Å². The molecule has 0 aromatic carbocycles. The van der Waals surface area contributed by atoms with Crippen LogP contribution in [0, 0.1) is 11.8 Å². The van der Waals surface area contributed by atoms with Crippen LogP contribution < -0.4 is 5.32 Å². The number of furan rings is 1. The summed E-state index contributed by atoms with van der Waals surface area (Å²) in [5, 5.41) is 3.46. The molecule has 1 fully saturated rings. The predicted octanol–water partition coefficient (Wildman–Crippen LogP) is 3.26. The van der Waals surface area contributed by atoms with Gasteiger partial charge in [-0.3, -0.25) is 4.90 Å². The smallest absolute Gasteiger partial charge is 0.122 e. The molecule has 1 N–H and O–H groups in total. The van der Waals surface area contributed by atoms with Gasteiger partial charge in [0.1, 0.15) is 5.76 Å². The van der Waals surface area contributed by atoms with Gasteiger partial charge in [-0.05, 0) is 43.8 Å². The molecular formula is C16H28N2O. The summed E-state index contributed by atoms with van der Waals surface area (Å²) >= 11 is 0. The number of hydrogen-bond acceptors (Lipinski definition) is 3. The van der Waals surface area contributed by atoms with Crippen molar-refractivity contribution in [3.05, 3.63) is 23.7 Å². The standard InChI is InChI=1S/C16H28N2O/c1-4-18(11-14-5-6-14)12-15-7-8-19-16(15)10-17-9-13(2)3/h7-8,13-14,17H,4-6,9-12H2,1-3H3. The average Bonchev–Trinajstić information content (AvgIpc) is 3.08. The molecule has 0 amide bonds. The summed E-state index contributed by atoms with van der Waals surface area (Å²) in [6.07, 6.45) is 4.67. The van der Waals surface area contributed by atoms with E-state index >= 15 is 0 Å². The van der Waals surface area contributed by atoms with Crippen molar-refractivity contribution in [3.8, 4) is 0 Å². The van der Waals surface area contributed by atoms with E-state index < -0.39 is 0 Å². The summed E-state index contributed by atoms with van der Waals surface area (Å²) < 4.78 is 5.62. The zero-order valence-corrected chi connectivity index (χ0v) is 12.6. The summed E-state index contributed by atoms with van der Waals surface area (Å²) in [4.78, 5) is 2.54. The van der Waals surface area contributed by atoms with Gasteiger partial charge < -0.3 is 9.73 Å². The maximum Gasteiger partial charge on any atom is 0.122 e. The van der Waals surface area contributed by atoms with Crippen LogP contribution in [0.5, 0.6) is 0 Å². The fourth-order valence-corrected chi connectivity index (χ4v) is 2.35. The zero-order valence-electron chi connectivity index (χ0n) is 12.6. The normalized spacial score (nSPS) is 15.6. The van der Waals surface area contributed by atoms with E-state index in [4.69, 9.17) is 4.42 Å². The largest absolute Gasteiger partial charge is 0.468 e. The third kappa shape index (κ3) is 5.00. The van der Waals surface area contributed by atoms with Gasteiger partial charge in [0.25, 0.3) is 0 Å². The molecule has 0 atom stereocenters. The van der Waals surface area contributed by atoms with Crippen molar-refractivity contribution in [2.75, 3.05) is 19.6 Å². The topological polar surface area (TPSA) is 28.4 Å². The molecule has 1 heterocycles. The van der Waals surface area contributed by atoms with Crippen molar-refractivity contribution in [1.82, 2.24) is 10.2 Å². The first-order valence-corrected chi connectivity index (χ1v) is 7.67. The van der Waals surface area contributed by atoms with E-state index in [0.717, 1.165) is 37.9 Å². The Morgan fingerprint density at radius 3 is 2.84 bits per heavy atom. The van der Waals surface area contributed by atoms with Crippen LogP contribution in [0.4, 0.5) is 0 Å². The lowest BCUT2D eigenvalue weighted by atomic mass is 10.2. The van der Waals surface area contributed by atoms with E-state index in [-0.39, 0.29) is 0 Å². The SMILES string of the molecule is CCN(Cc1ccoc1CNCC(C)C)CC1CC1. The molecule has 108 valence electrons. The second kappa shape index (κ2) is 7.11. The van der Waals surface area contributed by atoms with Gasteiger partial charge in [0.15, 0.2) is 0 Å². The molecule has 0 aliphatic heterocycles. The molecule has 1 saturated carbocycles. The third-order valence-electron chi connectivity index (χ3n) is 3.73. The Morgan fingerprint density at radius 1 is 1.42 bits per heavy atom. The van der Waals surface area contributed by atoms with Crippen molar-refractivity contribution in [2.24, 2.45) is 11.8 Å². The van der Waals surface area contributed by atoms with Crippen molar-refractivity contribution >= 4 is 0 Å². The number of hydrogen-bond donors (Lipinski definition) is 1. The van der Waals surface area contributed by atoms with Gasteiger partial charge in [-0.2, -0.15) is 0 Å². The molecule has 19 heavy (non-hydrogen) atoms. The Balaban J connectivity index is 1.82. The Labute approximate surface area is 117 Å². The molecule has 0 radical (unpaired) electrons. The minimum absolute atomic E-state index is 0.681. The minimum atomic E-state index is 0.681. The van der Waals surface area contributed by atoms with E-state index in [1.165, 1.54) is 24.9 Å². The van der Waals surface area contributed by atoms with Crippen LogP contribution in [0.15, 0.2) is 16.7 Å². The maximum absolute atomic E-state index is 5.62. The molecule has 0 bridgehead atoms. The van der Waals surface area contributed by atoms with E-state index in [1.807, 2.05) is 6.26 Å². The molecule has 1 aromatic heterocycles. The van der Waals surface area contributed by atoms with Gasteiger partial charge in [0, 0.05) is 18.7 Å². The van der Waals surface area contributed by atoms with Gasteiger partial charge in [-0.25, -0.2) is 0 Å². The molecular weight excluding hydrogens is 236 g/mol. The van der Waals surface area contributed by atoms with Crippen LogP contribution >= 0.6 is 0 Å². The quantitative estimate of drug-likeness (QED) is 0.742. The van der Waals surface area contributed by atoms with Crippen LogP contribution in [-0.4, -0.2) is 24.5 Å². The van der Waals surface area contributed by atoms with E-state index in [2.05, 4.69) is 37.1 Å². The molecule has 1 aliphatic carbocycles. The van der Waals surface area contributed by atoms with Crippen LogP contribution in [0.2, 0.25) is 0 Å². The highest BCUT2D eigenvalue weighted by Gasteiger charge is 2.24. The monoisotopic (exact) mass is 264 g/mol. The lowest BCUT2D eigenvalue weighted by Crippen LogP contribution is -2.26. The van der Waals surface area contributed by atoms with Gasteiger partial charge in [0.05, 0.1) is 12.8 Å². The fourth-order valence-electron chi connectivity index (χ4n) is 2.35. The van der Waals surface area contributed by atoms with Crippen LogP contribution in [0.1, 0.15) is 44.9 Å². The van der Waals surface area contributed by atoms with Gasteiger partial charge in [0.2, 0.25) is 0 Å². The highest BCUT2D eigenvalue weighted by molar-refractivity contribution is 5.17. The first kappa shape index (κ1) is 14.6. The minimum Gasteiger partial charge on any atom is -0.468 e. The number of nitrogens with one attached hydrogen (secondary N) is 1. The van der Waals surface area contributed by atoms with Crippen LogP contribution in [-0.2, 0) is 13.1 Å². The van der Waals surface area contributed by atoms with Crippen molar-refractivity contribution in [3.63, 3.8) is 0 Å². The zero-order chi connectivity index (χ0) is 13.7. The van der Waals surface area contributed by atoms with Crippen molar-refractivity contribution in [1.29, 1.82) is 0 Å². The first-order chi connectivity index (χ1) is 9.19. The maximum atomic E-state index is 5.62. The Kier molecular flexibility index (Phi) is 5.46. The molecule has 3 heteroatoms. The van der Waals surface area contributed by atoms with Crippen molar-refractivity contribution < 1.29 is 4.42 Å². The molecule has 3 nitrogen and oxygen atoms in total. The lowest BCUT2D eigenvalue weighted by Gasteiger charge is -2.20. The van der Waals surface area contributed by atoms with Crippen molar-refractivity contribution in [2.45, 2.75) is 46.7 Å². The Morgan fingerprint density at radius 2 is 2.21 bits per heavy atom. The second-order valence-corrected chi connectivity index (χ2v) is 6.16. The summed E-state index contributed by atoms with van der Waals surface area (Å²) in [5.41, 5.74) is 1.35. The molecule has 0 spiro atoms. The summed E-state index contributed by atoms with van der Waals surface area (Å²) in [6, 6.07) is 2.13. The molecule has 0 unspecified atom stereocenters. The van der Waals surface area contributed by atoms with E-state index in [0.29, 0.717) is 5.92 Å². The summed E-state index contributed by atoms with van der Waals surface area (Å²) in [7, 11) is 0. The Bertz CT molecular complexity index is 369. The highest BCUT2D eigenvalue weighted by atomic mass is 16.3. The molecule has 2 rings (SSSR count). The lowest BCUT2D eigenvalue weighted by molar-refractivity contribution is 0.265. The highest BCUT2D eigenvalue weighted by Crippen LogP contribution is 2.30. The van der Waals surface area contributed by atoms with Crippen LogP contribution in [0.3, 0.4) is 0 Å². The molecule has 1 aliphatic rings. The fraction of sp³-hybridized carbons (Fsp3) is 0.750. The Hall–Kier alpha value is -0.800. The molecule has 1 aromatic rings. The van der Waals surface area contributed by atoms with E-state index in [1.54, 1.807) is 0 Å². The van der Waals surface area contributed by atoms with Gasteiger partial charge in [-0.15, -0.1) is 0 Å². The number of nitrogens with zero attached hydrogens (tertiary/aromatic N) is 1. The first-order valence-electron chi connectivity index (χ1n) is 7.67.